The molecule has 0 bridgehead atoms. The molecule has 2 rings (SSSR count). The second kappa shape index (κ2) is 4.76. The fourth-order valence-electron chi connectivity index (χ4n) is 2.43. The van der Waals surface area contributed by atoms with E-state index in [2.05, 4.69) is 0 Å². The van der Waals surface area contributed by atoms with Crippen LogP contribution in [0.5, 0.6) is 0 Å². The van der Waals surface area contributed by atoms with Gasteiger partial charge in [-0.2, -0.15) is 0 Å². The second-order valence-corrected chi connectivity index (χ2v) is 6.71. The van der Waals surface area contributed by atoms with Crippen molar-refractivity contribution in [1.82, 2.24) is 0 Å². The van der Waals surface area contributed by atoms with Crippen LogP contribution in [-0.2, 0) is 9.59 Å². The van der Waals surface area contributed by atoms with E-state index in [4.69, 9.17) is 34.8 Å². The van der Waals surface area contributed by atoms with Crippen molar-refractivity contribution in [2.24, 2.45) is 5.41 Å². The van der Waals surface area contributed by atoms with Crippen LogP contribution in [0.4, 0.5) is 0 Å². The SMILES string of the molecule is Cc1c(Cl)cc(Cl)c(C2C(=O)CC(C)(C)C2=O)c1Cl. The number of benzene rings is 1. The summed E-state index contributed by atoms with van der Waals surface area (Å²) in [5.41, 5.74) is 0.362. The van der Waals surface area contributed by atoms with E-state index in [9.17, 15) is 9.59 Å². The molecule has 1 aromatic rings. The van der Waals surface area contributed by atoms with Gasteiger partial charge in [-0.15, -0.1) is 0 Å². The Balaban J connectivity index is 2.64. The summed E-state index contributed by atoms with van der Waals surface area (Å²) in [5.74, 6) is -1.14. The van der Waals surface area contributed by atoms with Gasteiger partial charge in [-0.1, -0.05) is 48.7 Å². The fourth-order valence-corrected chi connectivity index (χ4v) is 3.41. The van der Waals surface area contributed by atoms with Crippen molar-refractivity contribution >= 4 is 46.4 Å². The zero-order chi connectivity index (χ0) is 14.5. The molecule has 1 atom stereocenters. The largest absolute Gasteiger partial charge is 0.298 e. The summed E-state index contributed by atoms with van der Waals surface area (Å²) in [6.45, 7) is 5.26. The van der Waals surface area contributed by atoms with Gasteiger partial charge in [0.15, 0.2) is 5.78 Å². The molecule has 102 valence electrons. The van der Waals surface area contributed by atoms with Crippen LogP contribution in [0.15, 0.2) is 6.07 Å². The lowest BCUT2D eigenvalue weighted by Crippen LogP contribution is -2.21. The summed E-state index contributed by atoms with van der Waals surface area (Å²) in [7, 11) is 0. The van der Waals surface area contributed by atoms with Gasteiger partial charge in [-0.3, -0.25) is 9.59 Å². The van der Waals surface area contributed by atoms with Gasteiger partial charge in [0.05, 0.1) is 5.02 Å². The van der Waals surface area contributed by atoms with Crippen LogP contribution in [0.1, 0.15) is 37.3 Å². The fraction of sp³-hybridized carbons (Fsp3) is 0.429. The van der Waals surface area contributed by atoms with Crippen LogP contribution in [-0.4, -0.2) is 11.6 Å². The Morgan fingerprint density at radius 1 is 1.16 bits per heavy atom. The molecule has 0 spiro atoms. The van der Waals surface area contributed by atoms with Crippen molar-refractivity contribution in [2.75, 3.05) is 0 Å². The third-order valence-corrected chi connectivity index (χ3v) is 4.78. The van der Waals surface area contributed by atoms with E-state index >= 15 is 0 Å². The smallest absolute Gasteiger partial charge is 0.153 e. The highest BCUT2D eigenvalue weighted by Gasteiger charge is 2.48. The first-order valence-corrected chi connectivity index (χ1v) is 7.01. The van der Waals surface area contributed by atoms with Crippen molar-refractivity contribution in [3.63, 3.8) is 0 Å². The van der Waals surface area contributed by atoms with Crippen molar-refractivity contribution in [3.8, 4) is 0 Å². The van der Waals surface area contributed by atoms with Crippen LogP contribution < -0.4 is 0 Å². The normalized spacial score (nSPS) is 22.1. The van der Waals surface area contributed by atoms with E-state index in [0.717, 1.165) is 0 Å². The Hall–Kier alpha value is -0.570. The zero-order valence-corrected chi connectivity index (χ0v) is 13.1. The third-order valence-electron chi connectivity index (χ3n) is 3.59. The van der Waals surface area contributed by atoms with Crippen molar-refractivity contribution in [3.05, 3.63) is 32.3 Å². The van der Waals surface area contributed by atoms with E-state index in [1.165, 1.54) is 6.07 Å². The summed E-state index contributed by atoms with van der Waals surface area (Å²) in [6.07, 6.45) is 0.213. The lowest BCUT2D eigenvalue weighted by molar-refractivity contribution is -0.126. The first-order valence-electron chi connectivity index (χ1n) is 5.88. The summed E-state index contributed by atoms with van der Waals surface area (Å²) >= 11 is 18.4. The Kier molecular flexibility index (Phi) is 3.72. The van der Waals surface area contributed by atoms with Crippen LogP contribution in [0.25, 0.3) is 0 Å². The predicted molar refractivity (Wildman–Crippen MR) is 77.4 cm³/mol. The van der Waals surface area contributed by atoms with Gasteiger partial charge < -0.3 is 0 Å². The van der Waals surface area contributed by atoms with Crippen molar-refractivity contribution in [1.29, 1.82) is 0 Å². The van der Waals surface area contributed by atoms with Gasteiger partial charge >= 0.3 is 0 Å². The molecular formula is C14H13Cl3O2. The Morgan fingerprint density at radius 2 is 1.74 bits per heavy atom. The minimum Gasteiger partial charge on any atom is -0.298 e. The maximum Gasteiger partial charge on any atom is 0.153 e. The molecule has 0 N–H and O–H groups in total. The highest BCUT2D eigenvalue weighted by atomic mass is 35.5. The average molecular weight is 320 g/mol. The molecule has 0 amide bonds. The topological polar surface area (TPSA) is 34.1 Å². The van der Waals surface area contributed by atoms with Gasteiger partial charge in [0.25, 0.3) is 0 Å². The van der Waals surface area contributed by atoms with Crippen molar-refractivity contribution in [2.45, 2.75) is 33.1 Å². The van der Waals surface area contributed by atoms with Gasteiger partial charge in [-0.25, -0.2) is 0 Å². The second-order valence-electron chi connectivity index (χ2n) is 5.52. The molecule has 1 unspecified atom stereocenters. The molecule has 1 saturated carbocycles. The quantitative estimate of drug-likeness (QED) is 0.709. The maximum atomic E-state index is 12.4. The average Bonchev–Trinajstić information content (AvgIpc) is 2.48. The molecule has 5 heteroatoms. The highest BCUT2D eigenvalue weighted by molar-refractivity contribution is 6.41. The predicted octanol–water partition coefficient (Wildman–Crippen LogP) is 4.61. The van der Waals surface area contributed by atoms with Crippen LogP contribution >= 0.6 is 34.8 Å². The number of hydrogen-bond acceptors (Lipinski definition) is 2. The number of Topliss-reactive ketones (excluding diaryl/α,β-unsaturated/α-hetero) is 2. The number of rotatable bonds is 1. The van der Waals surface area contributed by atoms with Gasteiger partial charge in [0.2, 0.25) is 0 Å². The summed E-state index contributed by atoms with van der Waals surface area (Å²) in [6, 6.07) is 1.53. The standard InChI is InChI=1S/C14H13Cl3O2/c1-6-7(15)4-8(16)10(12(6)17)11-9(18)5-14(2,3)13(11)19/h4,11H,5H2,1-3H3. The molecular weight excluding hydrogens is 307 g/mol. The summed E-state index contributed by atoms with van der Waals surface area (Å²) in [4.78, 5) is 24.5. The minimum atomic E-state index is -0.869. The summed E-state index contributed by atoms with van der Waals surface area (Å²) in [5, 5.41) is 1.00. The number of halogens is 3. The molecule has 0 radical (unpaired) electrons. The van der Waals surface area contributed by atoms with Gasteiger partial charge in [0.1, 0.15) is 11.7 Å². The lowest BCUT2D eigenvalue weighted by atomic mass is 9.86. The van der Waals surface area contributed by atoms with E-state index in [-0.39, 0.29) is 23.0 Å². The lowest BCUT2D eigenvalue weighted by Gasteiger charge is -2.18. The molecule has 0 aromatic heterocycles. The highest BCUT2D eigenvalue weighted by Crippen LogP contribution is 2.46. The summed E-state index contributed by atoms with van der Waals surface area (Å²) < 4.78 is 0. The van der Waals surface area contributed by atoms with Crippen LogP contribution in [0.3, 0.4) is 0 Å². The van der Waals surface area contributed by atoms with E-state index in [0.29, 0.717) is 21.2 Å². The number of hydrogen-bond donors (Lipinski definition) is 0. The molecule has 0 saturated heterocycles. The van der Waals surface area contributed by atoms with E-state index < -0.39 is 11.3 Å². The minimum absolute atomic E-state index is 0.136. The van der Waals surface area contributed by atoms with Gasteiger partial charge in [-0.05, 0) is 18.6 Å². The first kappa shape index (κ1) is 14.8. The number of ketones is 2. The van der Waals surface area contributed by atoms with Crippen LogP contribution in [0, 0.1) is 12.3 Å². The monoisotopic (exact) mass is 318 g/mol. The third kappa shape index (κ3) is 2.31. The molecule has 19 heavy (non-hydrogen) atoms. The van der Waals surface area contributed by atoms with Gasteiger partial charge in [0, 0.05) is 27.4 Å². The Labute approximate surface area is 127 Å². The van der Waals surface area contributed by atoms with Crippen LogP contribution in [0.2, 0.25) is 15.1 Å². The number of carbonyl (C=O) groups excluding carboxylic acids is 2. The first-order chi connectivity index (χ1) is 8.66. The molecule has 2 nitrogen and oxygen atoms in total. The molecule has 1 aromatic carbocycles. The molecule has 1 fully saturated rings. The molecule has 0 heterocycles. The van der Waals surface area contributed by atoms with E-state index in [1.54, 1.807) is 20.8 Å². The Morgan fingerprint density at radius 3 is 2.21 bits per heavy atom. The zero-order valence-electron chi connectivity index (χ0n) is 10.8. The maximum absolute atomic E-state index is 12.4. The molecule has 1 aliphatic rings. The molecule has 0 aliphatic heterocycles. The molecule has 1 aliphatic carbocycles. The Bertz CT molecular complexity index is 591. The number of carbonyl (C=O) groups is 2. The van der Waals surface area contributed by atoms with Crippen molar-refractivity contribution < 1.29 is 9.59 Å². The van der Waals surface area contributed by atoms with E-state index in [1.807, 2.05) is 0 Å².